The first-order valence-electron chi connectivity index (χ1n) is 4.97. The van der Waals surface area contributed by atoms with Crippen LogP contribution in [0, 0.1) is 5.41 Å². The molecule has 0 unspecified atom stereocenters. The Kier molecular flexibility index (Phi) is 2.80. The van der Waals surface area contributed by atoms with Crippen molar-refractivity contribution in [1.82, 2.24) is 0 Å². The molecule has 72 valence electrons. The van der Waals surface area contributed by atoms with Crippen molar-refractivity contribution in [3.63, 3.8) is 0 Å². The second-order valence-corrected chi connectivity index (χ2v) is 4.91. The molecule has 0 aromatic rings. The monoisotopic (exact) mass is 176 g/mol. The van der Waals surface area contributed by atoms with Crippen LogP contribution in [0.25, 0.3) is 0 Å². The second kappa shape index (κ2) is 3.53. The Hall–Kier alpha value is -0.780. The maximum atomic E-state index is 3.97. The number of hydrogen-bond acceptors (Lipinski definition) is 0. The molecule has 0 spiro atoms. The van der Waals surface area contributed by atoms with Gasteiger partial charge in [0, 0.05) is 0 Å². The van der Waals surface area contributed by atoms with E-state index in [9.17, 15) is 0 Å². The van der Waals surface area contributed by atoms with Crippen LogP contribution in [-0.4, -0.2) is 0 Å². The lowest BCUT2D eigenvalue weighted by molar-refractivity contribution is 0.480. The molecule has 1 aliphatic carbocycles. The zero-order valence-corrected chi connectivity index (χ0v) is 9.28. The molecule has 13 heavy (non-hydrogen) atoms. The van der Waals surface area contributed by atoms with E-state index < -0.39 is 0 Å². The van der Waals surface area contributed by atoms with Gasteiger partial charge in [0.05, 0.1) is 0 Å². The Morgan fingerprint density at radius 3 is 2.15 bits per heavy atom. The third kappa shape index (κ3) is 2.58. The zero-order valence-electron chi connectivity index (χ0n) is 9.28. The van der Waals surface area contributed by atoms with Gasteiger partial charge in [-0.05, 0) is 30.8 Å². The minimum absolute atomic E-state index is 0.330. The highest BCUT2D eigenvalue weighted by Crippen LogP contribution is 2.34. The fourth-order valence-corrected chi connectivity index (χ4v) is 1.62. The van der Waals surface area contributed by atoms with Crippen molar-refractivity contribution in [3.05, 3.63) is 35.5 Å². The number of hydrogen-bond donors (Lipinski definition) is 0. The van der Waals surface area contributed by atoms with Crippen molar-refractivity contribution in [2.45, 2.75) is 40.5 Å². The fourth-order valence-electron chi connectivity index (χ4n) is 1.62. The van der Waals surface area contributed by atoms with Crippen LogP contribution in [0.3, 0.4) is 0 Å². The van der Waals surface area contributed by atoms with Crippen molar-refractivity contribution < 1.29 is 0 Å². The minimum Gasteiger partial charge on any atom is -0.0958 e. The molecule has 0 N–H and O–H groups in total. The Labute approximate surface area is 82.0 Å². The molecule has 0 heterocycles. The largest absolute Gasteiger partial charge is 0.0958 e. The van der Waals surface area contributed by atoms with Gasteiger partial charge < -0.3 is 0 Å². The molecule has 0 saturated carbocycles. The average molecular weight is 176 g/mol. The van der Waals surface area contributed by atoms with Gasteiger partial charge in [-0.3, -0.25) is 0 Å². The number of allylic oxidation sites excluding steroid dienone is 5. The maximum absolute atomic E-state index is 3.97. The van der Waals surface area contributed by atoms with Gasteiger partial charge in [0.15, 0.2) is 0 Å². The molecule has 0 heteroatoms. The molecular weight excluding hydrogens is 156 g/mol. The first-order chi connectivity index (χ1) is 5.91. The van der Waals surface area contributed by atoms with Gasteiger partial charge in [0.1, 0.15) is 0 Å². The van der Waals surface area contributed by atoms with E-state index in [1.165, 1.54) is 24.0 Å². The summed E-state index contributed by atoms with van der Waals surface area (Å²) in [6.07, 6.45) is 6.86. The lowest BCUT2D eigenvalue weighted by atomic mass is 9.80. The van der Waals surface area contributed by atoms with E-state index in [0.717, 1.165) is 0 Å². The summed E-state index contributed by atoms with van der Waals surface area (Å²) in [7, 11) is 0. The number of rotatable bonds is 1. The van der Waals surface area contributed by atoms with Crippen LogP contribution in [0.5, 0.6) is 0 Å². The second-order valence-electron chi connectivity index (χ2n) is 4.91. The first kappa shape index (κ1) is 10.3. The molecule has 0 radical (unpaired) electrons. The van der Waals surface area contributed by atoms with E-state index in [4.69, 9.17) is 0 Å². The molecule has 0 aromatic carbocycles. The van der Waals surface area contributed by atoms with E-state index in [1.54, 1.807) is 5.57 Å². The Bertz CT molecular complexity index is 269. The lowest BCUT2D eigenvalue weighted by Gasteiger charge is -2.26. The van der Waals surface area contributed by atoms with Crippen molar-refractivity contribution in [1.29, 1.82) is 0 Å². The van der Waals surface area contributed by atoms with Crippen LogP contribution in [0.4, 0.5) is 0 Å². The fraction of sp³-hybridized carbons (Fsp3) is 0.538. The van der Waals surface area contributed by atoms with Gasteiger partial charge in [0.25, 0.3) is 0 Å². The Balaban J connectivity index is 2.82. The molecule has 0 amide bonds. The van der Waals surface area contributed by atoms with E-state index >= 15 is 0 Å². The summed E-state index contributed by atoms with van der Waals surface area (Å²) in [5.74, 6) is 0. The van der Waals surface area contributed by atoms with Crippen LogP contribution >= 0.6 is 0 Å². The van der Waals surface area contributed by atoms with Crippen molar-refractivity contribution >= 4 is 0 Å². The van der Waals surface area contributed by atoms with E-state index in [2.05, 4.69) is 46.4 Å². The minimum atomic E-state index is 0.330. The third-order valence-electron chi connectivity index (χ3n) is 2.66. The highest BCUT2D eigenvalue weighted by atomic mass is 14.2. The molecule has 0 bridgehead atoms. The summed E-state index contributed by atoms with van der Waals surface area (Å²) >= 11 is 0. The van der Waals surface area contributed by atoms with Crippen molar-refractivity contribution in [2.75, 3.05) is 0 Å². The van der Waals surface area contributed by atoms with Crippen LogP contribution < -0.4 is 0 Å². The summed E-state index contributed by atoms with van der Waals surface area (Å²) in [4.78, 5) is 0. The quantitative estimate of drug-likeness (QED) is 0.560. The molecule has 0 aromatic heterocycles. The first-order valence-corrected chi connectivity index (χ1v) is 4.97. The molecule has 0 saturated heterocycles. The summed E-state index contributed by atoms with van der Waals surface area (Å²) in [5, 5.41) is 0. The summed E-state index contributed by atoms with van der Waals surface area (Å²) in [6, 6.07) is 0. The van der Waals surface area contributed by atoms with Crippen LogP contribution in [0.1, 0.15) is 40.5 Å². The van der Waals surface area contributed by atoms with Gasteiger partial charge in [-0.25, -0.2) is 0 Å². The molecule has 0 nitrogen and oxygen atoms in total. The SMILES string of the molecule is C=C(C)C1=CC=C(C(C)(C)C)CC1. The molecular formula is C13H20. The molecule has 1 rings (SSSR count). The third-order valence-corrected chi connectivity index (χ3v) is 2.66. The van der Waals surface area contributed by atoms with Gasteiger partial charge in [-0.15, -0.1) is 0 Å². The standard InChI is InChI=1S/C13H20/c1-10(2)11-6-8-12(9-7-11)13(3,4)5/h6,8H,1,7,9H2,2-5H3. The average Bonchev–Trinajstić information content (AvgIpc) is 2.03. The van der Waals surface area contributed by atoms with Crippen LogP contribution in [0.2, 0.25) is 0 Å². The van der Waals surface area contributed by atoms with Gasteiger partial charge >= 0.3 is 0 Å². The van der Waals surface area contributed by atoms with Gasteiger partial charge in [-0.1, -0.05) is 50.6 Å². The van der Waals surface area contributed by atoms with Crippen LogP contribution in [-0.2, 0) is 0 Å². The van der Waals surface area contributed by atoms with E-state index in [-0.39, 0.29) is 0 Å². The van der Waals surface area contributed by atoms with Crippen LogP contribution in [0.15, 0.2) is 35.5 Å². The van der Waals surface area contributed by atoms with Gasteiger partial charge in [0.2, 0.25) is 0 Å². The molecule has 1 aliphatic rings. The maximum Gasteiger partial charge on any atom is -0.0170 e. The molecule has 0 fully saturated rings. The topological polar surface area (TPSA) is 0 Å². The van der Waals surface area contributed by atoms with E-state index in [0.29, 0.717) is 5.41 Å². The zero-order chi connectivity index (χ0) is 10.1. The lowest BCUT2D eigenvalue weighted by Crippen LogP contribution is -2.11. The van der Waals surface area contributed by atoms with Gasteiger partial charge in [-0.2, -0.15) is 0 Å². The Morgan fingerprint density at radius 2 is 1.85 bits per heavy atom. The van der Waals surface area contributed by atoms with Crippen molar-refractivity contribution in [3.8, 4) is 0 Å². The molecule has 0 aliphatic heterocycles. The Morgan fingerprint density at radius 1 is 1.23 bits per heavy atom. The summed E-state index contributed by atoms with van der Waals surface area (Å²) in [5.41, 5.74) is 4.51. The molecule has 0 atom stereocenters. The normalized spacial score (nSPS) is 17.8. The predicted molar refractivity (Wildman–Crippen MR) is 59.7 cm³/mol. The van der Waals surface area contributed by atoms with Crippen molar-refractivity contribution in [2.24, 2.45) is 5.41 Å². The smallest absolute Gasteiger partial charge is 0.0170 e. The highest BCUT2D eigenvalue weighted by molar-refractivity contribution is 5.36. The van der Waals surface area contributed by atoms with E-state index in [1.807, 2.05) is 0 Å². The predicted octanol–water partition coefficient (Wildman–Crippen LogP) is 4.26. The summed E-state index contributed by atoms with van der Waals surface area (Å²) < 4.78 is 0. The summed E-state index contributed by atoms with van der Waals surface area (Å²) in [6.45, 7) is 12.9. The highest BCUT2D eigenvalue weighted by Gasteiger charge is 2.18.